The van der Waals surface area contributed by atoms with Gasteiger partial charge in [0.2, 0.25) is 10.0 Å². The molecule has 1 aliphatic rings. The Labute approximate surface area is 124 Å². The van der Waals surface area contributed by atoms with Crippen LogP contribution in [-0.4, -0.2) is 43.2 Å². The number of sulfonamides is 1. The largest absolute Gasteiger partial charge is 0.508 e. The minimum atomic E-state index is -3.40. The number of ether oxygens (including phenoxy) is 1. The number of methoxy groups -OCH3 is 1. The number of hydrogen-bond acceptors (Lipinski definition) is 5. The first-order valence-electron chi connectivity index (χ1n) is 6.78. The topological polar surface area (TPSA) is 83.9 Å². The second kappa shape index (κ2) is 6.44. The second-order valence-corrected chi connectivity index (χ2v) is 7.12. The summed E-state index contributed by atoms with van der Waals surface area (Å²) >= 11 is 0. The van der Waals surface area contributed by atoms with Crippen LogP contribution < -0.4 is 0 Å². The lowest BCUT2D eigenvalue weighted by atomic mass is 10.0. The predicted molar refractivity (Wildman–Crippen MR) is 77.3 cm³/mol. The number of hydrogen-bond donors (Lipinski definition) is 1. The zero-order valence-corrected chi connectivity index (χ0v) is 12.7. The van der Waals surface area contributed by atoms with E-state index in [0.717, 1.165) is 11.1 Å². The van der Waals surface area contributed by atoms with Gasteiger partial charge in [-0.15, -0.1) is 0 Å². The Balaban J connectivity index is 2.00. The molecule has 0 aliphatic carbocycles. The van der Waals surface area contributed by atoms with Crippen molar-refractivity contribution >= 4 is 16.0 Å². The number of aromatic hydroxyl groups is 1. The van der Waals surface area contributed by atoms with Crippen molar-refractivity contribution in [3.8, 4) is 5.75 Å². The van der Waals surface area contributed by atoms with Gasteiger partial charge in [0, 0.05) is 19.5 Å². The van der Waals surface area contributed by atoms with Crippen LogP contribution in [-0.2, 0) is 32.5 Å². The fraction of sp³-hybridized carbons (Fsp3) is 0.500. The molecule has 1 N–H and O–H groups in total. The van der Waals surface area contributed by atoms with Gasteiger partial charge in [0.1, 0.15) is 5.75 Å². The summed E-state index contributed by atoms with van der Waals surface area (Å²) in [5.74, 6) is -0.339. The van der Waals surface area contributed by atoms with Gasteiger partial charge in [-0.3, -0.25) is 4.79 Å². The van der Waals surface area contributed by atoms with Crippen molar-refractivity contribution in [3.05, 3.63) is 29.3 Å². The summed E-state index contributed by atoms with van der Waals surface area (Å²) in [6.45, 7) is 0.697. The van der Waals surface area contributed by atoms with Crippen LogP contribution in [0.1, 0.15) is 24.0 Å². The van der Waals surface area contributed by atoms with Crippen molar-refractivity contribution in [1.29, 1.82) is 0 Å². The molecule has 0 aromatic heterocycles. The molecule has 7 heteroatoms. The van der Waals surface area contributed by atoms with Crippen LogP contribution in [0.15, 0.2) is 18.2 Å². The third kappa shape index (κ3) is 3.95. The molecule has 0 fully saturated rings. The lowest BCUT2D eigenvalue weighted by Crippen LogP contribution is -2.37. The van der Waals surface area contributed by atoms with Crippen molar-refractivity contribution in [3.63, 3.8) is 0 Å². The van der Waals surface area contributed by atoms with Crippen LogP contribution in [0, 0.1) is 0 Å². The van der Waals surface area contributed by atoms with Gasteiger partial charge < -0.3 is 9.84 Å². The molecule has 0 bridgehead atoms. The molecular formula is C14H19NO5S. The van der Waals surface area contributed by atoms with Crippen LogP contribution in [0.3, 0.4) is 0 Å². The summed E-state index contributed by atoms with van der Waals surface area (Å²) in [5.41, 5.74) is 1.90. The van der Waals surface area contributed by atoms with Crippen LogP contribution in [0.2, 0.25) is 0 Å². The van der Waals surface area contributed by atoms with E-state index in [1.807, 2.05) is 6.07 Å². The van der Waals surface area contributed by atoms with Crippen molar-refractivity contribution in [2.45, 2.75) is 25.8 Å². The van der Waals surface area contributed by atoms with Crippen LogP contribution in [0.25, 0.3) is 0 Å². The predicted octanol–water partition coefficient (Wildman–Crippen LogP) is 1.03. The molecule has 1 aromatic carbocycles. The second-order valence-electron chi connectivity index (χ2n) is 5.03. The van der Waals surface area contributed by atoms with E-state index in [1.54, 1.807) is 12.1 Å². The third-order valence-electron chi connectivity index (χ3n) is 3.57. The first-order chi connectivity index (χ1) is 9.92. The van der Waals surface area contributed by atoms with Crippen LogP contribution in [0.5, 0.6) is 5.75 Å². The van der Waals surface area contributed by atoms with E-state index in [4.69, 9.17) is 0 Å². The highest BCUT2D eigenvalue weighted by Gasteiger charge is 2.26. The number of carbonyl (C=O) groups excluding carboxylic acids is 1. The quantitative estimate of drug-likeness (QED) is 0.821. The first kappa shape index (κ1) is 15.8. The van der Waals surface area contributed by atoms with E-state index < -0.39 is 16.0 Å². The number of carbonyl (C=O) groups is 1. The maximum atomic E-state index is 12.3. The molecule has 0 atom stereocenters. The average molecular weight is 313 g/mol. The highest BCUT2D eigenvalue weighted by Crippen LogP contribution is 2.25. The molecule has 0 amide bonds. The fourth-order valence-electron chi connectivity index (χ4n) is 2.39. The number of rotatable bonds is 5. The maximum absolute atomic E-state index is 12.3. The molecule has 1 aromatic rings. The summed E-state index contributed by atoms with van der Waals surface area (Å²) in [4.78, 5) is 11.0. The zero-order valence-electron chi connectivity index (χ0n) is 11.9. The molecule has 0 saturated heterocycles. The van der Waals surface area contributed by atoms with Gasteiger partial charge in [-0.2, -0.15) is 4.31 Å². The number of fused-ring (bicyclic) bond motifs is 1. The van der Waals surface area contributed by atoms with Gasteiger partial charge in [-0.25, -0.2) is 8.42 Å². The van der Waals surface area contributed by atoms with Gasteiger partial charge in [-0.05, 0) is 36.1 Å². The van der Waals surface area contributed by atoms with Crippen LogP contribution in [0.4, 0.5) is 0 Å². The molecule has 1 heterocycles. The summed E-state index contributed by atoms with van der Waals surface area (Å²) in [7, 11) is -2.12. The van der Waals surface area contributed by atoms with Gasteiger partial charge in [-0.1, -0.05) is 6.07 Å². The van der Waals surface area contributed by atoms with Gasteiger partial charge in [0.15, 0.2) is 0 Å². The first-order valence-corrected chi connectivity index (χ1v) is 8.39. The van der Waals surface area contributed by atoms with E-state index in [1.165, 1.54) is 11.4 Å². The lowest BCUT2D eigenvalue weighted by molar-refractivity contribution is -0.140. The highest BCUT2D eigenvalue weighted by atomic mass is 32.2. The summed E-state index contributed by atoms with van der Waals surface area (Å²) < 4.78 is 30.4. The van der Waals surface area contributed by atoms with E-state index in [0.29, 0.717) is 13.0 Å². The molecule has 1 aliphatic heterocycles. The average Bonchev–Trinajstić information content (AvgIpc) is 2.46. The molecule has 0 saturated carbocycles. The number of nitrogens with zero attached hydrogens (tertiary/aromatic N) is 1. The Hall–Kier alpha value is -1.60. The summed E-state index contributed by atoms with van der Waals surface area (Å²) in [5, 5.41) is 9.49. The Morgan fingerprint density at radius 1 is 1.38 bits per heavy atom. The Morgan fingerprint density at radius 2 is 2.14 bits per heavy atom. The molecule has 6 nitrogen and oxygen atoms in total. The third-order valence-corrected chi connectivity index (χ3v) is 5.47. The molecule has 21 heavy (non-hydrogen) atoms. The molecule has 0 spiro atoms. The minimum Gasteiger partial charge on any atom is -0.508 e. The fourth-order valence-corrected chi connectivity index (χ4v) is 3.86. The van der Waals surface area contributed by atoms with Crippen molar-refractivity contribution < 1.29 is 23.1 Å². The molecule has 0 unspecified atom stereocenters. The normalized spacial score (nSPS) is 15.5. The van der Waals surface area contributed by atoms with Crippen molar-refractivity contribution in [2.24, 2.45) is 0 Å². The number of benzene rings is 1. The molecule has 2 rings (SSSR count). The van der Waals surface area contributed by atoms with Crippen LogP contribution >= 0.6 is 0 Å². The van der Waals surface area contributed by atoms with Crippen molar-refractivity contribution in [1.82, 2.24) is 4.31 Å². The maximum Gasteiger partial charge on any atom is 0.305 e. The smallest absolute Gasteiger partial charge is 0.305 e. The van der Waals surface area contributed by atoms with E-state index >= 15 is 0 Å². The van der Waals surface area contributed by atoms with Gasteiger partial charge >= 0.3 is 5.97 Å². The van der Waals surface area contributed by atoms with E-state index in [2.05, 4.69) is 4.74 Å². The summed E-state index contributed by atoms with van der Waals surface area (Å²) in [6, 6.07) is 5.04. The molecule has 0 radical (unpaired) electrons. The number of esters is 1. The highest BCUT2D eigenvalue weighted by molar-refractivity contribution is 7.89. The lowest BCUT2D eigenvalue weighted by Gasteiger charge is -2.28. The Kier molecular flexibility index (Phi) is 4.84. The molecular weight excluding hydrogens is 294 g/mol. The summed E-state index contributed by atoms with van der Waals surface area (Å²) in [6.07, 6.45) is 0.977. The minimum absolute atomic E-state index is 0.0732. The van der Waals surface area contributed by atoms with E-state index in [-0.39, 0.29) is 30.9 Å². The van der Waals surface area contributed by atoms with E-state index in [9.17, 15) is 18.3 Å². The standard InChI is InChI=1S/C14H19NO5S/c1-20-14(17)3-2-8-21(18,19)15-7-6-11-4-5-13(16)9-12(11)10-15/h4-5,9,16H,2-3,6-8,10H2,1H3. The SMILES string of the molecule is COC(=O)CCCS(=O)(=O)N1CCc2ccc(O)cc2C1. The Bertz CT molecular complexity index is 626. The monoisotopic (exact) mass is 313 g/mol. The zero-order chi connectivity index (χ0) is 15.5. The molecule has 116 valence electrons. The number of phenols is 1. The Morgan fingerprint density at radius 3 is 2.86 bits per heavy atom. The van der Waals surface area contributed by atoms with Crippen molar-refractivity contribution in [2.75, 3.05) is 19.4 Å². The number of phenolic OH excluding ortho intramolecular Hbond substituents is 1. The van der Waals surface area contributed by atoms with Gasteiger partial charge in [0.05, 0.1) is 12.9 Å². The van der Waals surface area contributed by atoms with Gasteiger partial charge in [0.25, 0.3) is 0 Å².